The molecule has 1 fully saturated rings. The summed E-state index contributed by atoms with van der Waals surface area (Å²) < 4.78 is 0. The van der Waals surface area contributed by atoms with Crippen molar-refractivity contribution < 1.29 is 14.7 Å². The molecule has 1 aliphatic heterocycles. The third kappa shape index (κ3) is 5.07. The smallest absolute Gasteiger partial charge is 0.303 e. The molecule has 4 heteroatoms. The Morgan fingerprint density at radius 3 is 2.56 bits per heavy atom. The number of amides is 1. The zero-order valence-corrected chi connectivity index (χ0v) is 11.5. The normalized spacial score (nSPS) is 20.8. The summed E-state index contributed by atoms with van der Waals surface area (Å²) >= 11 is 0. The molecule has 0 bridgehead atoms. The number of hydrogen-bond acceptors (Lipinski definition) is 2. The van der Waals surface area contributed by atoms with E-state index in [1.54, 1.807) is 0 Å². The van der Waals surface area contributed by atoms with Gasteiger partial charge in [0.25, 0.3) is 0 Å². The van der Waals surface area contributed by atoms with Crippen molar-refractivity contribution in [3.63, 3.8) is 0 Å². The second kappa shape index (κ2) is 7.39. The molecular formula is C14H25NO3. The number of nitrogens with zero attached hydrogens (tertiary/aromatic N) is 1. The van der Waals surface area contributed by atoms with Crippen LogP contribution in [-0.4, -0.2) is 35.0 Å². The van der Waals surface area contributed by atoms with Crippen LogP contribution in [0.25, 0.3) is 0 Å². The summed E-state index contributed by atoms with van der Waals surface area (Å²) in [5.74, 6) is 0.716. The van der Waals surface area contributed by atoms with Gasteiger partial charge in [0.05, 0.1) is 0 Å². The molecule has 0 aliphatic carbocycles. The van der Waals surface area contributed by atoms with Gasteiger partial charge in [-0.25, -0.2) is 0 Å². The van der Waals surface area contributed by atoms with E-state index in [4.69, 9.17) is 5.11 Å². The molecule has 104 valence electrons. The number of carboxylic acid groups (broad SMARTS) is 1. The average molecular weight is 255 g/mol. The molecule has 4 nitrogen and oxygen atoms in total. The third-order valence-corrected chi connectivity index (χ3v) is 3.85. The monoisotopic (exact) mass is 255 g/mol. The first-order valence-corrected chi connectivity index (χ1v) is 7.00. The molecular weight excluding hydrogens is 230 g/mol. The van der Waals surface area contributed by atoms with Crippen molar-refractivity contribution in [3.05, 3.63) is 0 Å². The summed E-state index contributed by atoms with van der Waals surface area (Å²) in [4.78, 5) is 24.3. The highest BCUT2D eigenvalue weighted by atomic mass is 16.4. The van der Waals surface area contributed by atoms with E-state index in [2.05, 4.69) is 13.8 Å². The lowest BCUT2D eigenvalue weighted by Crippen LogP contribution is -2.32. The van der Waals surface area contributed by atoms with Crippen molar-refractivity contribution in [2.45, 2.75) is 52.4 Å². The van der Waals surface area contributed by atoms with Crippen molar-refractivity contribution in [2.75, 3.05) is 13.1 Å². The molecule has 0 radical (unpaired) electrons. The van der Waals surface area contributed by atoms with Gasteiger partial charge in [-0.05, 0) is 37.5 Å². The van der Waals surface area contributed by atoms with E-state index >= 15 is 0 Å². The Morgan fingerprint density at radius 2 is 1.94 bits per heavy atom. The van der Waals surface area contributed by atoms with Gasteiger partial charge in [0, 0.05) is 25.9 Å². The zero-order chi connectivity index (χ0) is 13.5. The quantitative estimate of drug-likeness (QED) is 0.821. The predicted octanol–water partition coefficient (Wildman–Crippen LogP) is 2.53. The van der Waals surface area contributed by atoms with Crippen molar-refractivity contribution in [2.24, 2.45) is 11.8 Å². The first-order valence-electron chi connectivity index (χ1n) is 7.00. The highest BCUT2D eigenvalue weighted by Gasteiger charge is 2.22. The number of carbonyl (C=O) groups is 2. The van der Waals surface area contributed by atoms with Crippen LogP contribution in [-0.2, 0) is 9.59 Å². The molecule has 1 saturated heterocycles. The predicted molar refractivity (Wildman–Crippen MR) is 70.2 cm³/mol. The van der Waals surface area contributed by atoms with Crippen LogP contribution in [0, 0.1) is 11.8 Å². The van der Waals surface area contributed by atoms with Gasteiger partial charge >= 0.3 is 5.97 Å². The average Bonchev–Trinajstić information content (AvgIpc) is 2.53. The first-order chi connectivity index (χ1) is 8.50. The van der Waals surface area contributed by atoms with Crippen LogP contribution in [0.15, 0.2) is 0 Å². The second-order valence-electron chi connectivity index (χ2n) is 5.56. The molecule has 1 atom stereocenters. The Morgan fingerprint density at radius 1 is 1.22 bits per heavy atom. The third-order valence-electron chi connectivity index (χ3n) is 3.85. The van der Waals surface area contributed by atoms with E-state index in [0.717, 1.165) is 31.8 Å². The van der Waals surface area contributed by atoms with Crippen molar-refractivity contribution >= 4 is 11.9 Å². The van der Waals surface area contributed by atoms with Crippen LogP contribution in [0.2, 0.25) is 0 Å². The molecule has 1 amide bonds. The second-order valence-corrected chi connectivity index (χ2v) is 5.56. The number of likely N-dealkylation sites (tertiary alicyclic amines) is 1. The van der Waals surface area contributed by atoms with E-state index in [0.29, 0.717) is 18.8 Å². The van der Waals surface area contributed by atoms with Crippen molar-refractivity contribution in [3.8, 4) is 0 Å². The fraction of sp³-hybridized carbons (Fsp3) is 0.857. The summed E-state index contributed by atoms with van der Waals surface area (Å²) in [6, 6.07) is 0. The van der Waals surface area contributed by atoms with E-state index in [-0.39, 0.29) is 12.3 Å². The maximum atomic E-state index is 11.9. The molecule has 1 heterocycles. The Bertz CT molecular complexity index is 289. The molecule has 0 saturated carbocycles. The maximum Gasteiger partial charge on any atom is 0.303 e. The highest BCUT2D eigenvalue weighted by Crippen LogP contribution is 2.24. The van der Waals surface area contributed by atoms with Gasteiger partial charge < -0.3 is 10.0 Å². The SMILES string of the molecule is CC(C)C1CCCN(C(=O)CCCC(=O)O)CC1. The minimum absolute atomic E-state index is 0.0915. The van der Waals surface area contributed by atoms with E-state index in [1.807, 2.05) is 4.90 Å². The van der Waals surface area contributed by atoms with E-state index in [9.17, 15) is 9.59 Å². The maximum absolute atomic E-state index is 11.9. The van der Waals surface area contributed by atoms with Crippen LogP contribution < -0.4 is 0 Å². The van der Waals surface area contributed by atoms with Gasteiger partial charge in [-0.3, -0.25) is 9.59 Å². The Kier molecular flexibility index (Phi) is 6.16. The van der Waals surface area contributed by atoms with Gasteiger partial charge in [0.2, 0.25) is 5.91 Å². The van der Waals surface area contributed by atoms with Gasteiger partial charge in [0.1, 0.15) is 0 Å². The number of aliphatic carboxylic acids is 1. The Labute approximate surface area is 109 Å². The lowest BCUT2D eigenvalue weighted by atomic mass is 9.89. The fourth-order valence-electron chi connectivity index (χ4n) is 2.59. The van der Waals surface area contributed by atoms with Crippen LogP contribution >= 0.6 is 0 Å². The van der Waals surface area contributed by atoms with E-state index < -0.39 is 5.97 Å². The molecule has 1 aliphatic rings. The van der Waals surface area contributed by atoms with Gasteiger partial charge in [-0.15, -0.1) is 0 Å². The topological polar surface area (TPSA) is 57.6 Å². The molecule has 1 rings (SSSR count). The molecule has 0 aromatic carbocycles. The lowest BCUT2D eigenvalue weighted by Gasteiger charge is -2.21. The van der Waals surface area contributed by atoms with Crippen molar-refractivity contribution in [1.29, 1.82) is 0 Å². The summed E-state index contributed by atoms with van der Waals surface area (Å²) in [6.07, 6.45) is 4.29. The molecule has 1 N–H and O–H groups in total. The Hall–Kier alpha value is -1.06. The summed E-state index contributed by atoms with van der Waals surface area (Å²) in [5.41, 5.74) is 0. The van der Waals surface area contributed by atoms with Gasteiger partial charge in [0.15, 0.2) is 0 Å². The number of carbonyl (C=O) groups excluding carboxylic acids is 1. The number of rotatable bonds is 5. The van der Waals surface area contributed by atoms with Crippen LogP contribution in [0.4, 0.5) is 0 Å². The van der Waals surface area contributed by atoms with Crippen molar-refractivity contribution in [1.82, 2.24) is 4.90 Å². The first kappa shape index (κ1) is 15.0. The summed E-state index contributed by atoms with van der Waals surface area (Å²) in [7, 11) is 0. The summed E-state index contributed by atoms with van der Waals surface area (Å²) in [5, 5.41) is 8.55. The van der Waals surface area contributed by atoms with E-state index in [1.165, 1.54) is 6.42 Å². The molecule has 0 spiro atoms. The standard InChI is InChI=1S/C14H25NO3/c1-11(2)12-5-4-9-15(10-8-12)13(16)6-3-7-14(17)18/h11-12H,3-10H2,1-2H3,(H,17,18). The number of carboxylic acids is 1. The zero-order valence-electron chi connectivity index (χ0n) is 11.5. The molecule has 0 aromatic rings. The Balaban J connectivity index is 2.33. The minimum Gasteiger partial charge on any atom is -0.481 e. The van der Waals surface area contributed by atoms with Gasteiger partial charge in [-0.2, -0.15) is 0 Å². The minimum atomic E-state index is -0.821. The molecule has 1 unspecified atom stereocenters. The number of hydrogen-bond donors (Lipinski definition) is 1. The van der Waals surface area contributed by atoms with Crippen LogP contribution in [0.1, 0.15) is 52.4 Å². The largest absolute Gasteiger partial charge is 0.481 e. The lowest BCUT2D eigenvalue weighted by molar-refractivity contribution is -0.137. The van der Waals surface area contributed by atoms with Gasteiger partial charge in [-0.1, -0.05) is 13.8 Å². The fourth-order valence-corrected chi connectivity index (χ4v) is 2.59. The molecule has 18 heavy (non-hydrogen) atoms. The highest BCUT2D eigenvalue weighted by molar-refractivity contribution is 5.77. The summed E-state index contributed by atoms with van der Waals surface area (Å²) in [6.45, 7) is 6.17. The van der Waals surface area contributed by atoms with Crippen LogP contribution in [0.3, 0.4) is 0 Å². The molecule has 0 aromatic heterocycles. The van der Waals surface area contributed by atoms with Crippen LogP contribution in [0.5, 0.6) is 0 Å².